The molecule has 0 aliphatic carbocycles. The van der Waals surface area contributed by atoms with E-state index in [4.69, 9.17) is 5.73 Å². The van der Waals surface area contributed by atoms with Gasteiger partial charge < -0.3 is 10.5 Å². The van der Waals surface area contributed by atoms with Gasteiger partial charge in [-0.3, -0.25) is 0 Å². The average Bonchev–Trinajstić information content (AvgIpc) is 1.88. The molecule has 48 valence electrons. The highest BCUT2D eigenvalue weighted by Gasteiger charge is 1.87. The van der Waals surface area contributed by atoms with Crippen LogP contribution in [0.5, 0.6) is 0 Å². The second kappa shape index (κ2) is 2.59. The van der Waals surface area contributed by atoms with Gasteiger partial charge in [0.1, 0.15) is 11.6 Å². The summed E-state index contributed by atoms with van der Waals surface area (Å²) in [5, 5.41) is 0. The molecule has 1 aromatic heterocycles. The van der Waals surface area contributed by atoms with Gasteiger partial charge in [-0.25, -0.2) is 4.98 Å². The Bertz CT molecular complexity index is 201. The van der Waals surface area contributed by atoms with Crippen molar-refractivity contribution in [3.8, 4) is 0 Å². The molecule has 3 N–H and O–H groups in total. The fraction of sp³-hybridized carbons (Fsp3) is 0. The number of aromatic nitrogens is 1. The minimum Gasteiger partial charge on any atom is -0.384 e. The third kappa shape index (κ3) is 1.50. The van der Waals surface area contributed by atoms with Crippen LogP contribution >= 0.6 is 12.8 Å². The van der Waals surface area contributed by atoms with E-state index in [-0.39, 0.29) is 0 Å². The van der Waals surface area contributed by atoms with Crippen molar-refractivity contribution in [2.45, 2.75) is 0 Å². The lowest BCUT2D eigenvalue weighted by atomic mass is 10.4. The molecule has 0 saturated heterocycles. The highest BCUT2D eigenvalue weighted by Crippen LogP contribution is 2.05. The fourth-order valence-corrected chi connectivity index (χ4v) is 0.638. The molecule has 9 heavy (non-hydrogen) atoms. The van der Waals surface area contributed by atoms with Crippen molar-refractivity contribution in [1.29, 1.82) is 0 Å². The van der Waals surface area contributed by atoms with Crippen molar-refractivity contribution >= 4 is 24.5 Å². The second-order valence-corrected chi connectivity index (χ2v) is 1.78. The summed E-state index contributed by atoms with van der Waals surface area (Å²) >= 11 is 3.79. The zero-order chi connectivity index (χ0) is 6.69. The molecule has 0 fully saturated rings. The Morgan fingerprint density at radius 2 is 2.33 bits per heavy atom. The minimum absolute atomic E-state index is 0.494. The number of nitrogen functional groups attached to an aromatic ring is 1. The number of pyridine rings is 1. The van der Waals surface area contributed by atoms with Gasteiger partial charge in [-0.15, -0.1) is 0 Å². The van der Waals surface area contributed by atoms with E-state index in [0.717, 1.165) is 0 Å². The Balaban J connectivity index is 2.94. The van der Waals surface area contributed by atoms with E-state index in [9.17, 15) is 0 Å². The predicted molar refractivity (Wildman–Crippen MR) is 41.3 cm³/mol. The van der Waals surface area contributed by atoms with Crippen molar-refractivity contribution in [3.63, 3.8) is 0 Å². The third-order valence-electron chi connectivity index (χ3n) is 0.885. The summed E-state index contributed by atoms with van der Waals surface area (Å²) in [6, 6.07) is 5.30. The summed E-state index contributed by atoms with van der Waals surface area (Å²) in [4.78, 5) is 3.88. The monoisotopic (exact) mass is 141 g/mol. The molecular formula is C5H7N3S. The summed E-state index contributed by atoms with van der Waals surface area (Å²) in [7, 11) is 0. The molecule has 1 aromatic rings. The van der Waals surface area contributed by atoms with Crippen LogP contribution in [0.4, 0.5) is 11.6 Å². The predicted octanol–water partition coefficient (Wildman–Crippen LogP) is 0.920. The van der Waals surface area contributed by atoms with Crippen molar-refractivity contribution in [3.05, 3.63) is 18.2 Å². The second-order valence-electron chi connectivity index (χ2n) is 1.56. The van der Waals surface area contributed by atoms with E-state index in [1.165, 1.54) is 0 Å². The fourth-order valence-electron chi connectivity index (χ4n) is 0.514. The summed E-state index contributed by atoms with van der Waals surface area (Å²) in [5.74, 6) is 1.16. The molecular weight excluding hydrogens is 134 g/mol. The van der Waals surface area contributed by atoms with E-state index < -0.39 is 0 Å². The van der Waals surface area contributed by atoms with Gasteiger partial charge >= 0.3 is 0 Å². The van der Waals surface area contributed by atoms with Crippen LogP contribution in [0.15, 0.2) is 18.2 Å². The van der Waals surface area contributed by atoms with Crippen LogP contribution in [0.3, 0.4) is 0 Å². The first-order chi connectivity index (χ1) is 4.33. The van der Waals surface area contributed by atoms with E-state index >= 15 is 0 Å². The summed E-state index contributed by atoms with van der Waals surface area (Å²) in [5.41, 5.74) is 5.35. The number of thiol groups is 1. The molecule has 3 nitrogen and oxygen atoms in total. The molecule has 0 unspecified atom stereocenters. The first kappa shape index (κ1) is 6.22. The number of hydrogen-bond donors (Lipinski definition) is 3. The highest BCUT2D eigenvalue weighted by atomic mass is 32.1. The maximum atomic E-state index is 5.35. The van der Waals surface area contributed by atoms with Gasteiger partial charge in [-0.2, -0.15) is 0 Å². The molecule has 0 spiro atoms. The number of hydrogen-bond acceptors (Lipinski definition) is 4. The van der Waals surface area contributed by atoms with Crippen LogP contribution in [0.25, 0.3) is 0 Å². The smallest absolute Gasteiger partial charge is 0.138 e. The lowest BCUT2D eigenvalue weighted by molar-refractivity contribution is 1.35. The summed E-state index contributed by atoms with van der Waals surface area (Å²) in [6.45, 7) is 0. The van der Waals surface area contributed by atoms with E-state index in [1.54, 1.807) is 18.2 Å². The molecule has 1 rings (SSSR count). The van der Waals surface area contributed by atoms with Gasteiger partial charge in [0.25, 0.3) is 0 Å². The van der Waals surface area contributed by atoms with Gasteiger partial charge in [-0.1, -0.05) is 18.9 Å². The van der Waals surface area contributed by atoms with Crippen LogP contribution in [0, 0.1) is 0 Å². The van der Waals surface area contributed by atoms with Crippen LogP contribution in [0.2, 0.25) is 0 Å². The molecule has 0 radical (unpaired) electrons. The Labute approximate surface area is 58.8 Å². The van der Waals surface area contributed by atoms with Crippen molar-refractivity contribution in [1.82, 2.24) is 4.98 Å². The molecule has 0 bridgehead atoms. The standard InChI is InChI=1S/C5H7N3S/c6-4-2-1-3-5(7-4)8-9/h1-3,9H,(H3,6,7,8). The van der Waals surface area contributed by atoms with Crippen LogP contribution in [0.1, 0.15) is 0 Å². The lowest BCUT2D eigenvalue weighted by Crippen LogP contribution is -1.91. The Hall–Kier alpha value is -0.900. The molecule has 0 aliphatic rings. The SMILES string of the molecule is Nc1cccc(NS)n1. The number of nitrogens with one attached hydrogen (secondary N) is 1. The zero-order valence-corrected chi connectivity index (χ0v) is 5.60. The Kier molecular flexibility index (Phi) is 1.79. The Morgan fingerprint density at radius 3 is 2.78 bits per heavy atom. The largest absolute Gasteiger partial charge is 0.384 e. The van der Waals surface area contributed by atoms with E-state index in [0.29, 0.717) is 11.6 Å². The van der Waals surface area contributed by atoms with Crippen molar-refractivity contribution in [2.75, 3.05) is 10.5 Å². The topological polar surface area (TPSA) is 50.9 Å². The van der Waals surface area contributed by atoms with Gasteiger partial charge in [-0.05, 0) is 12.1 Å². The molecule has 0 aromatic carbocycles. The normalized spacial score (nSPS) is 9.00. The van der Waals surface area contributed by atoms with Crippen molar-refractivity contribution in [2.24, 2.45) is 0 Å². The molecule has 0 atom stereocenters. The number of nitrogens with zero attached hydrogens (tertiary/aromatic N) is 1. The number of rotatable bonds is 1. The van der Waals surface area contributed by atoms with Crippen LogP contribution in [-0.2, 0) is 0 Å². The molecule has 4 heteroatoms. The van der Waals surface area contributed by atoms with E-state index in [1.807, 2.05) is 0 Å². The maximum Gasteiger partial charge on any atom is 0.138 e. The first-order valence-electron chi connectivity index (χ1n) is 2.45. The van der Waals surface area contributed by atoms with E-state index in [2.05, 4.69) is 22.5 Å². The molecule has 0 amide bonds. The lowest BCUT2D eigenvalue weighted by Gasteiger charge is -1.96. The summed E-state index contributed by atoms with van der Waals surface area (Å²) < 4.78 is 2.57. The molecule has 0 aliphatic heterocycles. The maximum absolute atomic E-state index is 5.35. The van der Waals surface area contributed by atoms with Gasteiger partial charge in [0, 0.05) is 0 Å². The third-order valence-corrected chi connectivity index (χ3v) is 1.11. The summed E-state index contributed by atoms with van der Waals surface area (Å²) in [6.07, 6.45) is 0. The molecule has 0 saturated carbocycles. The van der Waals surface area contributed by atoms with Crippen molar-refractivity contribution < 1.29 is 0 Å². The van der Waals surface area contributed by atoms with Gasteiger partial charge in [0.2, 0.25) is 0 Å². The minimum atomic E-state index is 0.494. The average molecular weight is 141 g/mol. The van der Waals surface area contributed by atoms with Gasteiger partial charge in [0.15, 0.2) is 0 Å². The highest BCUT2D eigenvalue weighted by molar-refractivity contribution is 7.81. The Morgan fingerprint density at radius 1 is 1.56 bits per heavy atom. The van der Waals surface area contributed by atoms with Gasteiger partial charge in [0.05, 0.1) is 0 Å². The first-order valence-corrected chi connectivity index (χ1v) is 2.90. The zero-order valence-electron chi connectivity index (χ0n) is 4.70. The molecule has 1 heterocycles. The quantitative estimate of drug-likeness (QED) is 0.510. The number of anilines is 2. The van der Waals surface area contributed by atoms with Crippen LogP contribution in [-0.4, -0.2) is 4.98 Å². The van der Waals surface area contributed by atoms with Crippen LogP contribution < -0.4 is 10.5 Å². The number of nitrogens with two attached hydrogens (primary N) is 1.